The molecule has 0 aliphatic heterocycles. The van der Waals surface area contributed by atoms with Gasteiger partial charge in [-0.05, 0) is 24.6 Å². The van der Waals surface area contributed by atoms with Gasteiger partial charge in [0.15, 0.2) is 0 Å². The molecule has 1 aromatic carbocycles. The standard InChI is InChI=1S/C11H12N2O3/c1-7-4-5-8(6-9(7)15-2)10(13-12)11(14)16-3/h4-6H,1-3H3. The first kappa shape index (κ1) is 11.9. The van der Waals surface area contributed by atoms with Gasteiger partial charge in [-0.15, -0.1) is 0 Å². The highest BCUT2D eigenvalue weighted by molar-refractivity contribution is 6.40. The number of carbonyl (C=O) groups excluding carboxylic acids is 1. The van der Waals surface area contributed by atoms with Gasteiger partial charge in [0.05, 0.1) is 19.8 Å². The van der Waals surface area contributed by atoms with Crippen LogP contribution < -0.4 is 4.74 Å². The molecule has 0 atom stereocenters. The second-order valence-electron chi connectivity index (χ2n) is 3.12. The van der Waals surface area contributed by atoms with Gasteiger partial charge in [-0.25, -0.2) is 4.79 Å². The van der Waals surface area contributed by atoms with Crippen molar-refractivity contribution in [2.75, 3.05) is 14.2 Å². The molecule has 0 fully saturated rings. The van der Waals surface area contributed by atoms with Crippen molar-refractivity contribution >= 4 is 11.7 Å². The highest BCUT2D eigenvalue weighted by Gasteiger charge is 2.24. The van der Waals surface area contributed by atoms with Gasteiger partial charge in [0.2, 0.25) is 0 Å². The Labute approximate surface area is 93.2 Å². The number of hydrogen-bond acceptors (Lipinski definition) is 3. The van der Waals surface area contributed by atoms with E-state index in [9.17, 15) is 4.79 Å². The van der Waals surface area contributed by atoms with E-state index in [0.717, 1.165) is 5.56 Å². The quantitative estimate of drug-likeness (QED) is 0.332. The Hall–Kier alpha value is -2.13. The molecule has 0 saturated heterocycles. The molecule has 5 heteroatoms. The molecule has 16 heavy (non-hydrogen) atoms. The minimum atomic E-state index is -0.701. The first-order valence-corrected chi connectivity index (χ1v) is 4.59. The molecule has 0 radical (unpaired) electrons. The van der Waals surface area contributed by atoms with Crippen LogP contribution in [0.15, 0.2) is 18.2 Å². The van der Waals surface area contributed by atoms with Crippen LogP contribution in [0.25, 0.3) is 5.53 Å². The van der Waals surface area contributed by atoms with Crippen molar-refractivity contribution in [2.45, 2.75) is 6.92 Å². The van der Waals surface area contributed by atoms with Gasteiger partial charge in [0, 0.05) is 0 Å². The molecule has 84 valence electrons. The zero-order valence-corrected chi connectivity index (χ0v) is 9.35. The molecule has 0 N–H and O–H groups in total. The van der Waals surface area contributed by atoms with Crippen molar-refractivity contribution in [1.82, 2.24) is 0 Å². The molecule has 0 spiro atoms. The van der Waals surface area contributed by atoms with Crippen LogP contribution in [0, 0.1) is 6.92 Å². The van der Waals surface area contributed by atoms with E-state index in [1.807, 2.05) is 6.92 Å². The van der Waals surface area contributed by atoms with E-state index >= 15 is 0 Å². The fourth-order valence-corrected chi connectivity index (χ4v) is 1.28. The SMILES string of the molecule is COC(=O)C(=[N+]=[N-])c1ccc(C)c(OC)c1. The number of ether oxygens (including phenoxy) is 2. The van der Waals surface area contributed by atoms with Gasteiger partial charge < -0.3 is 15.0 Å². The number of rotatable bonds is 3. The summed E-state index contributed by atoms with van der Waals surface area (Å²) < 4.78 is 9.60. The molecule has 0 saturated carbocycles. The van der Waals surface area contributed by atoms with Crippen LogP contribution in [-0.2, 0) is 9.53 Å². The van der Waals surface area contributed by atoms with Crippen LogP contribution in [0.2, 0.25) is 0 Å². The summed E-state index contributed by atoms with van der Waals surface area (Å²) in [6, 6.07) is 5.04. The van der Waals surface area contributed by atoms with Gasteiger partial charge in [-0.2, -0.15) is 4.79 Å². The van der Waals surface area contributed by atoms with E-state index in [0.29, 0.717) is 11.3 Å². The summed E-state index contributed by atoms with van der Waals surface area (Å²) in [5.41, 5.74) is 9.97. The monoisotopic (exact) mass is 220 g/mol. The highest BCUT2D eigenvalue weighted by atomic mass is 16.5. The van der Waals surface area contributed by atoms with E-state index in [4.69, 9.17) is 10.3 Å². The molecule has 0 unspecified atom stereocenters. The summed E-state index contributed by atoms with van der Waals surface area (Å²) in [6.45, 7) is 1.87. The number of methoxy groups -OCH3 is 2. The van der Waals surface area contributed by atoms with Gasteiger partial charge >= 0.3 is 11.7 Å². The van der Waals surface area contributed by atoms with E-state index in [-0.39, 0.29) is 5.71 Å². The molecule has 0 aliphatic rings. The topological polar surface area (TPSA) is 71.9 Å². The van der Waals surface area contributed by atoms with E-state index in [1.165, 1.54) is 14.2 Å². The van der Waals surface area contributed by atoms with Crippen LogP contribution in [-0.4, -0.2) is 30.7 Å². The Kier molecular flexibility index (Phi) is 3.80. The Morgan fingerprint density at radius 2 is 2.06 bits per heavy atom. The maximum atomic E-state index is 11.3. The van der Waals surface area contributed by atoms with Gasteiger partial charge in [0.1, 0.15) is 5.75 Å². The minimum absolute atomic E-state index is 0.152. The second-order valence-corrected chi connectivity index (χ2v) is 3.12. The smallest absolute Gasteiger partial charge is 0.422 e. The number of hydrogen-bond donors (Lipinski definition) is 0. The summed E-state index contributed by atoms with van der Waals surface area (Å²) in [5.74, 6) is -0.0871. The maximum Gasteiger partial charge on any atom is 0.422 e. The van der Waals surface area contributed by atoms with Crippen molar-refractivity contribution in [2.24, 2.45) is 0 Å². The number of benzene rings is 1. The molecule has 0 aliphatic carbocycles. The highest BCUT2D eigenvalue weighted by Crippen LogP contribution is 2.19. The summed E-state index contributed by atoms with van der Waals surface area (Å²) in [7, 11) is 2.75. The van der Waals surface area contributed by atoms with Crippen molar-refractivity contribution in [3.05, 3.63) is 34.9 Å². The molecule has 5 nitrogen and oxygen atoms in total. The number of esters is 1. The molecule has 1 rings (SSSR count). The zero-order valence-electron chi connectivity index (χ0n) is 9.35. The molecule has 1 aromatic rings. The minimum Gasteiger partial charge on any atom is -0.496 e. The Morgan fingerprint density at radius 1 is 1.38 bits per heavy atom. The Morgan fingerprint density at radius 3 is 2.56 bits per heavy atom. The maximum absolute atomic E-state index is 11.3. The lowest BCUT2D eigenvalue weighted by Crippen LogP contribution is -2.18. The summed E-state index contributed by atoms with van der Waals surface area (Å²) in [6.07, 6.45) is 0. The largest absolute Gasteiger partial charge is 0.496 e. The van der Waals surface area contributed by atoms with Crippen LogP contribution in [0.4, 0.5) is 0 Å². The fraction of sp³-hybridized carbons (Fsp3) is 0.273. The normalized spacial score (nSPS) is 9.19. The Balaban J connectivity index is 3.23. The predicted molar refractivity (Wildman–Crippen MR) is 57.5 cm³/mol. The van der Waals surface area contributed by atoms with Gasteiger partial charge in [0.25, 0.3) is 0 Å². The first-order chi connectivity index (χ1) is 7.63. The van der Waals surface area contributed by atoms with Crippen molar-refractivity contribution in [3.63, 3.8) is 0 Å². The van der Waals surface area contributed by atoms with Crippen molar-refractivity contribution in [1.29, 1.82) is 0 Å². The van der Waals surface area contributed by atoms with E-state index in [1.54, 1.807) is 18.2 Å². The average molecular weight is 220 g/mol. The molecular formula is C11H12N2O3. The van der Waals surface area contributed by atoms with Crippen LogP contribution >= 0.6 is 0 Å². The van der Waals surface area contributed by atoms with Crippen LogP contribution in [0.1, 0.15) is 11.1 Å². The fourth-order valence-electron chi connectivity index (χ4n) is 1.28. The summed E-state index contributed by atoms with van der Waals surface area (Å²) in [4.78, 5) is 14.2. The van der Waals surface area contributed by atoms with Gasteiger partial charge in [-0.1, -0.05) is 6.07 Å². The third kappa shape index (κ3) is 2.27. The average Bonchev–Trinajstić information content (AvgIpc) is 2.31. The second kappa shape index (κ2) is 5.09. The van der Waals surface area contributed by atoms with Crippen LogP contribution in [0.3, 0.4) is 0 Å². The third-order valence-electron chi connectivity index (χ3n) is 2.16. The van der Waals surface area contributed by atoms with Crippen molar-refractivity contribution < 1.29 is 19.1 Å². The number of nitrogens with zero attached hydrogens (tertiary/aromatic N) is 2. The third-order valence-corrected chi connectivity index (χ3v) is 2.16. The lowest BCUT2D eigenvalue weighted by atomic mass is 10.1. The summed E-state index contributed by atoms with van der Waals surface area (Å²) in [5, 5.41) is 0. The zero-order chi connectivity index (χ0) is 12.1. The van der Waals surface area contributed by atoms with E-state index < -0.39 is 5.97 Å². The lowest BCUT2D eigenvalue weighted by Gasteiger charge is -2.04. The lowest BCUT2D eigenvalue weighted by molar-refractivity contribution is -0.137. The van der Waals surface area contributed by atoms with Gasteiger partial charge in [-0.3, -0.25) is 0 Å². The van der Waals surface area contributed by atoms with E-state index in [2.05, 4.69) is 9.53 Å². The van der Waals surface area contributed by atoms with Crippen LogP contribution in [0.5, 0.6) is 5.75 Å². The number of aryl methyl sites for hydroxylation is 1. The molecule has 0 heterocycles. The molecule has 0 amide bonds. The molecule has 0 aromatic heterocycles. The molecular weight excluding hydrogens is 208 g/mol. The van der Waals surface area contributed by atoms with Crippen molar-refractivity contribution in [3.8, 4) is 5.75 Å². The predicted octanol–water partition coefficient (Wildman–Crippen LogP) is 1.20. The summed E-state index contributed by atoms with van der Waals surface area (Å²) >= 11 is 0. The molecule has 0 bridgehead atoms. The first-order valence-electron chi connectivity index (χ1n) is 4.59. The number of carbonyl (C=O) groups is 1. The Bertz CT molecular complexity index is 462.